The SMILES string of the molecule is Cc1c(NC(=S)NC(=O)c2ccc(Cl)c([N+](=O)[O-])c2)cccc1[N+](=O)[O-]. The molecular formula is C15H11ClN4O5S. The Morgan fingerprint density at radius 2 is 1.77 bits per heavy atom. The predicted molar refractivity (Wildman–Crippen MR) is 99.6 cm³/mol. The maximum Gasteiger partial charge on any atom is 0.288 e. The lowest BCUT2D eigenvalue weighted by Crippen LogP contribution is -2.34. The minimum atomic E-state index is -0.706. The molecule has 0 heterocycles. The van der Waals surface area contributed by atoms with Crippen molar-refractivity contribution in [2.75, 3.05) is 5.32 Å². The summed E-state index contributed by atoms with van der Waals surface area (Å²) in [5.41, 5.74) is 0.175. The van der Waals surface area contributed by atoms with E-state index in [9.17, 15) is 25.0 Å². The van der Waals surface area contributed by atoms with Crippen molar-refractivity contribution in [1.82, 2.24) is 5.32 Å². The molecule has 0 aliphatic rings. The van der Waals surface area contributed by atoms with Crippen LogP contribution in [0, 0.1) is 27.2 Å². The number of carbonyl (C=O) groups is 1. The first-order chi connectivity index (χ1) is 12.2. The molecule has 0 aliphatic heterocycles. The largest absolute Gasteiger partial charge is 0.332 e. The monoisotopic (exact) mass is 394 g/mol. The molecule has 11 heteroatoms. The summed E-state index contributed by atoms with van der Waals surface area (Å²) in [6.07, 6.45) is 0. The number of nitrogens with one attached hydrogen (secondary N) is 2. The highest BCUT2D eigenvalue weighted by atomic mass is 35.5. The van der Waals surface area contributed by atoms with E-state index in [0.29, 0.717) is 11.3 Å². The predicted octanol–water partition coefficient (Wildman–Crippen LogP) is 3.59. The van der Waals surface area contributed by atoms with Gasteiger partial charge in [0.25, 0.3) is 17.3 Å². The fraction of sp³-hybridized carbons (Fsp3) is 0.0667. The number of nitro benzene ring substituents is 2. The molecule has 0 unspecified atom stereocenters. The first-order valence-electron chi connectivity index (χ1n) is 7.01. The Labute approximate surface area is 157 Å². The molecule has 2 rings (SSSR count). The number of rotatable bonds is 4. The van der Waals surface area contributed by atoms with E-state index in [1.165, 1.54) is 31.2 Å². The zero-order chi connectivity index (χ0) is 19.4. The van der Waals surface area contributed by atoms with Gasteiger partial charge in [0.05, 0.1) is 21.1 Å². The van der Waals surface area contributed by atoms with Crippen molar-refractivity contribution in [3.63, 3.8) is 0 Å². The van der Waals surface area contributed by atoms with Gasteiger partial charge in [0.1, 0.15) is 5.02 Å². The third-order valence-electron chi connectivity index (χ3n) is 3.38. The fourth-order valence-electron chi connectivity index (χ4n) is 2.08. The Morgan fingerprint density at radius 1 is 1.12 bits per heavy atom. The maximum absolute atomic E-state index is 12.2. The second kappa shape index (κ2) is 7.85. The number of thiocarbonyl (C=S) groups is 1. The fourth-order valence-corrected chi connectivity index (χ4v) is 2.47. The van der Waals surface area contributed by atoms with Crippen LogP contribution in [0.5, 0.6) is 0 Å². The summed E-state index contributed by atoms with van der Waals surface area (Å²) in [6, 6.07) is 7.95. The minimum Gasteiger partial charge on any atom is -0.332 e. The number of halogens is 1. The molecule has 134 valence electrons. The third-order valence-corrected chi connectivity index (χ3v) is 3.91. The van der Waals surface area contributed by atoms with Gasteiger partial charge >= 0.3 is 0 Å². The zero-order valence-electron chi connectivity index (χ0n) is 13.2. The van der Waals surface area contributed by atoms with Gasteiger partial charge in [-0.05, 0) is 37.3 Å². The Balaban J connectivity index is 2.15. The standard InChI is InChI=1S/C15H11ClN4O5S/c1-8-11(3-2-4-12(8)19(22)23)17-15(26)18-14(21)9-5-6-10(16)13(7-9)20(24)25/h2-7H,1H3,(H2,17,18,21,26). The Kier molecular flexibility index (Phi) is 5.80. The number of carbonyl (C=O) groups excluding carboxylic acids is 1. The van der Waals surface area contributed by atoms with Crippen molar-refractivity contribution < 1.29 is 14.6 Å². The quantitative estimate of drug-likeness (QED) is 0.460. The van der Waals surface area contributed by atoms with Gasteiger partial charge in [-0.2, -0.15) is 0 Å². The molecule has 0 fully saturated rings. The van der Waals surface area contributed by atoms with Gasteiger partial charge in [-0.25, -0.2) is 0 Å². The first-order valence-corrected chi connectivity index (χ1v) is 7.79. The zero-order valence-corrected chi connectivity index (χ0v) is 14.8. The van der Waals surface area contributed by atoms with E-state index < -0.39 is 21.4 Å². The lowest BCUT2D eigenvalue weighted by Gasteiger charge is -2.12. The summed E-state index contributed by atoms with van der Waals surface area (Å²) in [5.74, 6) is -0.689. The van der Waals surface area contributed by atoms with Gasteiger partial charge in [-0.15, -0.1) is 0 Å². The number of nitro groups is 2. The summed E-state index contributed by atoms with van der Waals surface area (Å²) in [5, 5.41) is 26.7. The normalized spacial score (nSPS) is 10.1. The van der Waals surface area contributed by atoms with Gasteiger partial charge in [0.2, 0.25) is 0 Å². The molecule has 0 saturated carbocycles. The summed E-state index contributed by atoms with van der Waals surface area (Å²) < 4.78 is 0. The molecule has 2 aromatic carbocycles. The lowest BCUT2D eigenvalue weighted by molar-refractivity contribution is -0.385. The van der Waals surface area contributed by atoms with E-state index in [1.807, 2.05) is 0 Å². The van der Waals surface area contributed by atoms with Crippen molar-refractivity contribution in [1.29, 1.82) is 0 Å². The minimum absolute atomic E-state index is 0.0129. The molecule has 0 saturated heterocycles. The summed E-state index contributed by atoms with van der Waals surface area (Å²) in [7, 11) is 0. The van der Waals surface area contributed by atoms with E-state index in [4.69, 9.17) is 23.8 Å². The molecule has 1 amide bonds. The van der Waals surface area contributed by atoms with Crippen LogP contribution < -0.4 is 10.6 Å². The van der Waals surface area contributed by atoms with Crippen LogP contribution >= 0.6 is 23.8 Å². The second-order valence-electron chi connectivity index (χ2n) is 5.04. The molecule has 2 N–H and O–H groups in total. The van der Waals surface area contributed by atoms with Gasteiger partial charge in [0.15, 0.2) is 5.11 Å². The summed E-state index contributed by atoms with van der Waals surface area (Å²) in [4.78, 5) is 32.8. The van der Waals surface area contributed by atoms with E-state index in [2.05, 4.69) is 10.6 Å². The third kappa shape index (κ3) is 4.29. The molecule has 2 aromatic rings. The number of benzene rings is 2. The van der Waals surface area contributed by atoms with Gasteiger partial charge in [-0.1, -0.05) is 17.7 Å². The van der Waals surface area contributed by atoms with Crippen LogP contribution in [0.25, 0.3) is 0 Å². The Hall–Kier alpha value is -3.11. The molecule has 0 radical (unpaired) electrons. The number of hydrogen-bond acceptors (Lipinski definition) is 6. The van der Waals surface area contributed by atoms with Crippen LogP contribution in [0.4, 0.5) is 17.1 Å². The highest BCUT2D eigenvalue weighted by Gasteiger charge is 2.18. The molecular weight excluding hydrogens is 384 g/mol. The summed E-state index contributed by atoms with van der Waals surface area (Å²) in [6.45, 7) is 1.54. The number of nitrogens with zero attached hydrogens (tertiary/aromatic N) is 2. The lowest BCUT2D eigenvalue weighted by atomic mass is 10.1. The van der Waals surface area contributed by atoms with Crippen LogP contribution in [-0.4, -0.2) is 20.9 Å². The van der Waals surface area contributed by atoms with Gasteiger partial charge in [-0.3, -0.25) is 30.3 Å². The molecule has 26 heavy (non-hydrogen) atoms. The van der Waals surface area contributed by atoms with E-state index in [1.54, 1.807) is 6.07 Å². The number of anilines is 1. The van der Waals surface area contributed by atoms with Gasteiger partial charge < -0.3 is 5.32 Å². The topological polar surface area (TPSA) is 127 Å². The average Bonchev–Trinajstić information content (AvgIpc) is 2.56. The molecule has 9 nitrogen and oxygen atoms in total. The van der Waals surface area contributed by atoms with Gasteiger partial charge in [0, 0.05) is 17.7 Å². The van der Waals surface area contributed by atoms with Crippen molar-refractivity contribution in [2.24, 2.45) is 0 Å². The number of hydrogen-bond donors (Lipinski definition) is 2. The molecule has 0 bridgehead atoms. The van der Waals surface area contributed by atoms with Crippen molar-refractivity contribution in [2.45, 2.75) is 6.92 Å². The molecule has 0 spiro atoms. The Morgan fingerprint density at radius 3 is 2.38 bits per heavy atom. The maximum atomic E-state index is 12.2. The van der Waals surface area contributed by atoms with Crippen LogP contribution in [-0.2, 0) is 0 Å². The molecule has 0 aromatic heterocycles. The Bertz CT molecular complexity index is 934. The first kappa shape index (κ1) is 19.2. The number of amides is 1. The highest BCUT2D eigenvalue weighted by Crippen LogP contribution is 2.26. The summed E-state index contributed by atoms with van der Waals surface area (Å²) >= 11 is 10.7. The molecule has 0 aliphatic carbocycles. The smallest absolute Gasteiger partial charge is 0.288 e. The van der Waals surface area contributed by atoms with Crippen LogP contribution in [0.1, 0.15) is 15.9 Å². The van der Waals surface area contributed by atoms with Crippen molar-refractivity contribution in [3.05, 3.63) is 72.8 Å². The van der Waals surface area contributed by atoms with E-state index in [0.717, 1.165) is 6.07 Å². The highest BCUT2D eigenvalue weighted by molar-refractivity contribution is 7.80. The van der Waals surface area contributed by atoms with Crippen molar-refractivity contribution in [3.8, 4) is 0 Å². The second-order valence-corrected chi connectivity index (χ2v) is 5.85. The van der Waals surface area contributed by atoms with Crippen LogP contribution in [0.2, 0.25) is 5.02 Å². The average molecular weight is 395 g/mol. The van der Waals surface area contributed by atoms with Crippen LogP contribution in [0.3, 0.4) is 0 Å². The van der Waals surface area contributed by atoms with E-state index >= 15 is 0 Å². The molecule has 0 atom stereocenters. The van der Waals surface area contributed by atoms with Crippen LogP contribution in [0.15, 0.2) is 36.4 Å². The van der Waals surface area contributed by atoms with E-state index in [-0.39, 0.29) is 21.4 Å². The van der Waals surface area contributed by atoms with Crippen molar-refractivity contribution >= 4 is 51.9 Å².